The number of hydrogen-bond donors (Lipinski definition) is 0. The second-order valence-electron chi connectivity index (χ2n) is 3.24. The van der Waals surface area contributed by atoms with Crippen molar-refractivity contribution in [2.24, 2.45) is 0 Å². The Bertz CT molecular complexity index is 526. The van der Waals surface area contributed by atoms with Gasteiger partial charge in [0, 0.05) is 23.7 Å². The maximum atomic E-state index is 11.8. The third-order valence-corrected chi connectivity index (χ3v) is 2.83. The van der Waals surface area contributed by atoms with Crippen LogP contribution in [0.25, 0.3) is 11.5 Å². The molecule has 2 heterocycles. The summed E-state index contributed by atoms with van der Waals surface area (Å²) in [5, 5.41) is 8.07. The Labute approximate surface area is 106 Å². The van der Waals surface area contributed by atoms with Crippen molar-refractivity contribution in [2.45, 2.75) is 11.6 Å². The maximum absolute atomic E-state index is 11.8. The Morgan fingerprint density at radius 3 is 2.78 bits per heavy atom. The molecule has 7 heteroatoms. The Balaban J connectivity index is 1.93. The van der Waals surface area contributed by atoms with Crippen molar-refractivity contribution in [2.75, 3.05) is 5.75 Å². The molecule has 0 saturated carbocycles. The van der Waals surface area contributed by atoms with Gasteiger partial charge in [-0.15, -0.1) is 10.2 Å². The lowest BCUT2D eigenvalue weighted by Crippen LogP contribution is -1.77. The smallest absolute Gasteiger partial charge is 0.276 e. The van der Waals surface area contributed by atoms with E-state index in [0.29, 0.717) is 16.9 Å². The Morgan fingerprint density at radius 1 is 1.28 bits per heavy atom. The zero-order valence-electron chi connectivity index (χ0n) is 9.22. The van der Waals surface area contributed by atoms with Crippen LogP contribution in [0.15, 0.2) is 46.3 Å². The quantitative estimate of drug-likeness (QED) is 0.615. The summed E-state index contributed by atoms with van der Waals surface area (Å²) in [6.07, 6.45) is 2.72. The lowest BCUT2D eigenvalue weighted by atomic mass is 10.3. The van der Waals surface area contributed by atoms with Gasteiger partial charge in [-0.05, 0) is 24.6 Å². The van der Waals surface area contributed by atoms with E-state index < -0.39 is 6.08 Å². The van der Waals surface area contributed by atoms with Crippen LogP contribution < -0.4 is 0 Å². The molecule has 0 aliphatic rings. The van der Waals surface area contributed by atoms with Gasteiger partial charge in [-0.3, -0.25) is 4.98 Å². The number of allylic oxidation sites excluding steroid dienone is 1. The number of halogens is 2. The van der Waals surface area contributed by atoms with E-state index in [1.54, 1.807) is 24.5 Å². The standard InChI is InChI=1S/C11H9F2N3OS/c12-9(13)2-1-7-18-11-16-15-10(17-11)8-3-5-14-6-4-8/h2-6H,1,7H2. The highest BCUT2D eigenvalue weighted by Gasteiger charge is 2.08. The molecule has 2 rings (SSSR count). The molecule has 0 N–H and O–H groups in total. The fourth-order valence-electron chi connectivity index (χ4n) is 1.19. The molecule has 0 saturated heterocycles. The van der Waals surface area contributed by atoms with E-state index in [0.717, 1.165) is 11.6 Å². The van der Waals surface area contributed by atoms with Crippen molar-refractivity contribution in [1.29, 1.82) is 0 Å². The molecule has 0 unspecified atom stereocenters. The molecule has 94 valence electrons. The van der Waals surface area contributed by atoms with Gasteiger partial charge < -0.3 is 4.42 Å². The van der Waals surface area contributed by atoms with Crippen LogP contribution in [0.3, 0.4) is 0 Å². The van der Waals surface area contributed by atoms with Gasteiger partial charge in [-0.2, -0.15) is 8.78 Å². The fourth-order valence-corrected chi connectivity index (χ4v) is 1.84. The van der Waals surface area contributed by atoms with Crippen LogP contribution >= 0.6 is 11.8 Å². The zero-order valence-corrected chi connectivity index (χ0v) is 10.0. The first-order valence-electron chi connectivity index (χ1n) is 5.13. The second-order valence-corrected chi connectivity index (χ2v) is 4.29. The highest BCUT2D eigenvalue weighted by molar-refractivity contribution is 7.99. The SMILES string of the molecule is FC(F)=CCCSc1nnc(-c2ccncc2)o1. The number of aromatic nitrogens is 3. The van der Waals surface area contributed by atoms with E-state index in [-0.39, 0.29) is 6.42 Å². The first kappa shape index (κ1) is 12.7. The Morgan fingerprint density at radius 2 is 2.06 bits per heavy atom. The summed E-state index contributed by atoms with van der Waals surface area (Å²) < 4.78 is 28.9. The van der Waals surface area contributed by atoms with Crippen molar-refractivity contribution in [3.8, 4) is 11.5 Å². The molecule has 18 heavy (non-hydrogen) atoms. The predicted octanol–water partition coefficient (Wildman–Crippen LogP) is 3.39. The molecule has 2 aromatic heterocycles. The van der Waals surface area contributed by atoms with E-state index in [1.165, 1.54) is 11.8 Å². The van der Waals surface area contributed by atoms with Crippen molar-refractivity contribution in [3.63, 3.8) is 0 Å². The average molecular weight is 269 g/mol. The molecule has 0 spiro atoms. The number of rotatable bonds is 5. The first-order valence-corrected chi connectivity index (χ1v) is 6.12. The summed E-state index contributed by atoms with van der Waals surface area (Å²) in [5.41, 5.74) is 0.777. The minimum atomic E-state index is -1.67. The van der Waals surface area contributed by atoms with Crippen molar-refractivity contribution in [1.82, 2.24) is 15.2 Å². The van der Waals surface area contributed by atoms with Crippen LogP contribution in [0.2, 0.25) is 0 Å². The third-order valence-electron chi connectivity index (χ3n) is 1.98. The lowest BCUT2D eigenvalue weighted by Gasteiger charge is -1.92. The monoisotopic (exact) mass is 269 g/mol. The summed E-state index contributed by atoms with van der Waals surface area (Å²) in [6, 6.07) is 3.51. The van der Waals surface area contributed by atoms with Gasteiger partial charge in [0.05, 0.1) is 0 Å². The van der Waals surface area contributed by atoms with Crippen molar-refractivity contribution >= 4 is 11.8 Å². The van der Waals surface area contributed by atoms with Crippen LogP contribution in [-0.4, -0.2) is 20.9 Å². The van der Waals surface area contributed by atoms with Crippen LogP contribution in [0, 0.1) is 0 Å². The van der Waals surface area contributed by atoms with Gasteiger partial charge in [0.2, 0.25) is 5.89 Å². The molecular weight excluding hydrogens is 260 g/mol. The van der Waals surface area contributed by atoms with Crippen LogP contribution in [0.4, 0.5) is 8.78 Å². The van der Waals surface area contributed by atoms with Gasteiger partial charge in [0.25, 0.3) is 11.3 Å². The molecule has 0 atom stereocenters. The molecule has 0 bridgehead atoms. The molecule has 0 amide bonds. The van der Waals surface area contributed by atoms with Crippen LogP contribution in [0.1, 0.15) is 6.42 Å². The minimum Gasteiger partial charge on any atom is -0.411 e. The zero-order chi connectivity index (χ0) is 12.8. The summed E-state index contributed by atoms with van der Waals surface area (Å²) in [5.74, 6) is 0.863. The topological polar surface area (TPSA) is 51.8 Å². The summed E-state index contributed by atoms with van der Waals surface area (Å²) >= 11 is 1.24. The fraction of sp³-hybridized carbons (Fsp3) is 0.182. The molecular formula is C11H9F2N3OS. The van der Waals surface area contributed by atoms with Gasteiger partial charge >= 0.3 is 0 Å². The minimum absolute atomic E-state index is 0.264. The molecule has 0 aliphatic heterocycles. The number of thioether (sulfide) groups is 1. The van der Waals surface area contributed by atoms with Gasteiger partial charge in [-0.1, -0.05) is 11.8 Å². The van der Waals surface area contributed by atoms with Crippen molar-refractivity contribution < 1.29 is 13.2 Å². The van der Waals surface area contributed by atoms with Gasteiger partial charge in [0.15, 0.2) is 0 Å². The first-order chi connectivity index (χ1) is 8.75. The van der Waals surface area contributed by atoms with E-state index in [9.17, 15) is 8.78 Å². The molecule has 0 fully saturated rings. The largest absolute Gasteiger partial charge is 0.411 e. The molecule has 0 radical (unpaired) electrons. The van der Waals surface area contributed by atoms with E-state index >= 15 is 0 Å². The Hall–Kier alpha value is -1.76. The van der Waals surface area contributed by atoms with E-state index in [4.69, 9.17) is 4.42 Å². The summed E-state index contributed by atoms with van der Waals surface area (Å²) in [7, 11) is 0. The van der Waals surface area contributed by atoms with Gasteiger partial charge in [0.1, 0.15) is 0 Å². The van der Waals surface area contributed by atoms with E-state index in [1.807, 2.05) is 0 Å². The number of hydrogen-bond acceptors (Lipinski definition) is 5. The average Bonchev–Trinajstić information content (AvgIpc) is 2.84. The molecule has 0 aromatic carbocycles. The van der Waals surface area contributed by atoms with Gasteiger partial charge in [-0.25, -0.2) is 0 Å². The summed E-state index contributed by atoms with van der Waals surface area (Å²) in [6.45, 7) is 0. The normalized spacial score (nSPS) is 10.3. The molecule has 4 nitrogen and oxygen atoms in total. The van der Waals surface area contributed by atoms with Crippen LogP contribution in [-0.2, 0) is 0 Å². The highest BCUT2D eigenvalue weighted by atomic mass is 32.2. The Kier molecular flexibility index (Phi) is 4.40. The predicted molar refractivity (Wildman–Crippen MR) is 63.2 cm³/mol. The molecule has 0 aliphatic carbocycles. The molecule has 2 aromatic rings. The number of pyridine rings is 1. The third kappa shape index (κ3) is 3.63. The van der Waals surface area contributed by atoms with E-state index in [2.05, 4.69) is 15.2 Å². The lowest BCUT2D eigenvalue weighted by molar-refractivity contribution is 0.418. The second kappa shape index (κ2) is 6.25. The van der Waals surface area contributed by atoms with Crippen molar-refractivity contribution in [3.05, 3.63) is 36.7 Å². The van der Waals surface area contributed by atoms with Crippen LogP contribution in [0.5, 0.6) is 0 Å². The maximum Gasteiger partial charge on any atom is 0.276 e. The number of nitrogens with zero attached hydrogens (tertiary/aromatic N) is 3. The summed E-state index contributed by atoms with van der Waals surface area (Å²) in [4.78, 5) is 3.88. The highest BCUT2D eigenvalue weighted by Crippen LogP contribution is 2.23.